The first-order valence-electron chi connectivity index (χ1n) is 7.56. The van der Waals surface area contributed by atoms with Gasteiger partial charge in [0, 0.05) is 12.1 Å². The average Bonchev–Trinajstić information content (AvgIpc) is 2.48. The summed E-state index contributed by atoms with van der Waals surface area (Å²) < 4.78 is 0. The molecule has 0 aliphatic carbocycles. The molecule has 2 rings (SSSR count). The Morgan fingerprint density at radius 2 is 1.77 bits per heavy atom. The molecule has 0 aliphatic rings. The highest BCUT2D eigenvalue weighted by Crippen LogP contribution is 2.17. The second-order valence-electron chi connectivity index (χ2n) is 5.92. The Kier molecular flexibility index (Phi) is 5.34. The van der Waals surface area contributed by atoms with E-state index in [4.69, 9.17) is 0 Å². The fraction of sp³-hybridized carbons (Fsp3) is 0.316. The first-order valence-corrected chi connectivity index (χ1v) is 7.56. The molecule has 0 bridgehead atoms. The van der Waals surface area contributed by atoms with Gasteiger partial charge in [-0.05, 0) is 45.1 Å². The van der Waals surface area contributed by atoms with Crippen molar-refractivity contribution >= 4 is 5.91 Å². The number of likely N-dealkylation sites (N-methyl/N-ethyl adjacent to an activating group) is 1. The van der Waals surface area contributed by atoms with Crippen molar-refractivity contribution in [3.8, 4) is 0 Å². The molecule has 1 amide bonds. The number of carbonyl (C=O) groups is 1. The number of hydrogen-bond donors (Lipinski definition) is 1. The van der Waals surface area contributed by atoms with Crippen molar-refractivity contribution in [2.24, 2.45) is 0 Å². The largest absolute Gasteiger partial charge is 0.350 e. The van der Waals surface area contributed by atoms with Crippen molar-refractivity contribution in [2.75, 3.05) is 20.6 Å². The second-order valence-corrected chi connectivity index (χ2v) is 5.92. The zero-order valence-electron chi connectivity index (χ0n) is 13.8. The van der Waals surface area contributed by atoms with Crippen LogP contribution in [0.2, 0.25) is 0 Å². The van der Waals surface area contributed by atoms with E-state index in [1.807, 2.05) is 64.3 Å². The van der Waals surface area contributed by atoms with E-state index in [1.54, 1.807) is 0 Å². The van der Waals surface area contributed by atoms with E-state index in [2.05, 4.69) is 22.3 Å². The summed E-state index contributed by atoms with van der Waals surface area (Å²) in [6, 6.07) is 16.3. The fourth-order valence-corrected chi connectivity index (χ4v) is 2.63. The van der Waals surface area contributed by atoms with Gasteiger partial charge in [0.15, 0.2) is 0 Å². The maximum absolute atomic E-state index is 12.4. The van der Waals surface area contributed by atoms with Crippen LogP contribution in [-0.4, -0.2) is 31.4 Å². The van der Waals surface area contributed by atoms with E-state index < -0.39 is 0 Å². The number of amides is 1. The van der Waals surface area contributed by atoms with Crippen molar-refractivity contribution in [2.45, 2.75) is 19.9 Å². The molecule has 0 saturated heterocycles. The Morgan fingerprint density at radius 1 is 1.09 bits per heavy atom. The number of nitrogens with one attached hydrogen (secondary N) is 1. The molecule has 3 nitrogen and oxygen atoms in total. The third kappa shape index (κ3) is 3.95. The van der Waals surface area contributed by atoms with Gasteiger partial charge in [0.2, 0.25) is 0 Å². The summed E-state index contributed by atoms with van der Waals surface area (Å²) in [5, 5.41) is 3.06. The first-order chi connectivity index (χ1) is 10.5. The summed E-state index contributed by atoms with van der Waals surface area (Å²) in [4.78, 5) is 14.5. The Balaban J connectivity index is 2.08. The molecule has 0 aliphatic heterocycles. The van der Waals surface area contributed by atoms with Crippen LogP contribution in [0.3, 0.4) is 0 Å². The Labute approximate surface area is 133 Å². The summed E-state index contributed by atoms with van der Waals surface area (Å²) >= 11 is 0. The molecule has 1 atom stereocenters. The predicted molar refractivity (Wildman–Crippen MR) is 91.1 cm³/mol. The van der Waals surface area contributed by atoms with Crippen LogP contribution in [0, 0.1) is 13.8 Å². The lowest BCUT2D eigenvalue weighted by atomic mass is 10.0. The third-order valence-electron chi connectivity index (χ3n) is 3.89. The molecule has 0 spiro atoms. The zero-order valence-corrected chi connectivity index (χ0v) is 13.8. The number of nitrogens with zero attached hydrogens (tertiary/aromatic N) is 1. The molecule has 1 unspecified atom stereocenters. The molecule has 22 heavy (non-hydrogen) atoms. The topological polar surface area (TPSA) is 32.3 Å². The Hall–Kier alpha value is -2.13. The van der Waals surface area contributed by atoms with Crippen molar-refractivity contribution in [3.63, 3.8) is 0 Å². The number of carbonyl (C=O) groups excluding carboxylic acids is 1. The van der Waals surface area contributed by atoms with E-state index in [0.29, 0.717) is 6.54 Å². The Bertz CT molecular complexity index is 635. The van der Waals surface area contributed by atoms with E-state index >= 15 is 0 Å². The molecule has 0 radical (unpaired) electrons. The molecule has 2 aromatic rings. The molecule has 1 N–H and O–H groups in total. The van der Waals surface area contributed by atoms with E-state index in [-0.39, 0.29) is 11.9 Å². The van der Waals surface area contributed by atoms with Gasteiger partial charge < -0.3 is 10.2 Å². The van der Waals surface area contributed by atoms with Gasteiger partial charge in [-0.15, -0.1) is 0 Å². The quantitative estimate of drug-likeness (QED) is 0.918. The van der Waals surface area contributed by atoms with Gasteiger partial charge >= 0.3 is 0 Å². The van der Waals surface area contributed by atoms with Gasteiger partial charge in [-0.3, -0.25) is 4.79 Å². The predicted octanol–water partition coefficient (Wildman–Crippen LogP) is 3.34. The summed E-state index contributed by atoms with van der Waals surface area (Å²) in [5.41, 5.74) is 4.13. The molecular formula is C19H24N2O. The SMILES string of the molecule is Cc1ccc(C(=O)NCC(c2ccccc2)N(C)C)c(C)c1. The van der Waals surface area contributed by atoms with Crippen molar-refractivity contribution in [3.05, 3.63) is 70.8 Å². The number of benzene rings is 2. The van der Waals surface area contributed by atoms with Gasteiger partial charge in [0.25, 0.3) is 5.91 Å². The van der Waals surface area contributed by atoms with Crippen LogP contribution in [-0.2, 0) is 0 Å². The molecular weight excluding hydrogens is 272 g/mol. The highest BCUT2D eigenvalue weighted by molar-refractivity contribution is 5.95. The van der Waals surface area contributed by atoms with E-state index in [1.165, 1.54) is 11.1 Å². The minimum atomic E-state index is -0.0136. The fourth-order valence-electron chi connectivity index (χ4n) is 2.63. The third-order valence-corrected chi connectivity index (χ3v) is 3.89. The molecule has 0 fully saturated rings. The molecule has 0 aromatic heterocycles. The lowest BCUT2D eigenvalue weighted by Crippen LogP contribution is -2.34. The van der Waals surface area contributed by atoms with Crippen LogP contribution in [0.4, 0.5) is 0 Å². The summed E-state index contributed by atoms with van der Waals surface area (Å²) in [6.07, 6.45) is 0. The highest BCUT2D eigenvalue weighted by atomic mass is 16.1. The van der Waals surface area contributed by atoms with Gasteiger partial charge in [-0.25, -0.2) is 0 Å². The molecule has 3 heteroatoms. The van der Waals surface area contributed by atoms with Gasteiger partial charge in [-0.2, -0.15) is 0 Å². The van der Waals surface area contributed by atoms with Gasteiger partial charge in [-0.1, -0.05) is 48.0 Å². The highest BCUT2D eigenvalue weighted by Gasteiger charge is 2.16. The van der Waals surface area contributed by atoms with Gasteiger partial charge in [0.1, 0.15) is 0 Å². The maximum atomic E-state index is 12.4. The molecule has 0 heterocycles. The Morgan fingerprint density at radius 3 is 2.36 bits per heavy atom. The van der Waals surface area contributed by atoms with Crippen LogP contribution in [0.5, 0.6) is 0 Å². The second kappa shape index (κ2) is 7.23. The standard InChI is InChI=1S/C19H24N2O/c1-14-10-11-17(15(2)12-14)19(22)20-13-18(21(3)4)16-8-6-5-7-9-16/h5-12,18H,13H2,1-4H3,(H,20,22). The lowest BCUT2D eigenvalue weighted by Gasteiger charge is -2.25. The van der Waals surface area contributed by atoms with Crippen molar-refractivity contribution in [1.82, 2.24) is 10.2 Å². The van der Waals surface area contributed by atoms with E-state index in [9.17, 15) is 4.79 Å². The van der Waals surface area contributed by atoms with Crippen LogP contribution in [0.15, 0.2) is 48.5 Å². The first kappa shape index (κ1) is 16.2. The summed E-state index contributed by atoms with van der Waals surface area (Å²) in [5.74, 6) is -0.0136. The minimum absolute atomic E-state index is 0.0136. The normalized spacial score (nSPS) is 12.2. The minimum Gasteiger partial charge on any atom is -0.350 e. The van der Waals surface area contributed by atoms with Crippen molar-refractivity contribution < 1.29 is 4.79 Å². The average molecular weight is 296 g/mol. The van der Waals surface area contributed by atoms with Crippen LogP contribution in [0.1, 0.15) is 33.1 Å². The van der Waals surface area contributed by atoms with Gasteiger partial charge in [0.05, 0.1) is 6.04 Å². The molecule has 0 saturated carbocycles. The van der Waals surface area contributed by atoms with Crippen LogP contribution < -0.4 is 5.32 Å². The number of rotatable bonds is 5. The van der Waals surface area contributed by atoms with Crippen molar-refractivity contribution in [1.29, 1.82) is 0 Å². The lowest BCUT2D eigenvalue weighted by molar-refractivity contribution is 0.0941. The number of aryl methyl sites for hydroxylation is 2. The molecule has 116 valence electrons. The molecule has 2 aromatic carbocycles. The number of hydrogen-bond acceptors (Lipinski definition) is 2. The summed E-state index contributed by atoms with van der Waals surface area (Å²) in [7, 11) is 4.06. The summed E-state index contributed by atoms with van der Waals surface area (Å²) in [6.45, 7) is 4.60. The maximum Gasteiger partial charge on any atom is 0.251 e. The smallest absolute Gasteiger partial charge is 0.251 e. The van der Waals surface area contributed by atoms with Crippen LogP contribution >= 0.6 is 0 Å². The van der Waals surface area contributed by atoms with Crippen LogP contribution in [0.25, 0.3) is 0 Å². The van der Waals surface area contributed by atoms with E-state index in [0.717, 1.165) is 11.1 Å². The monoisotopic (exact) mass is 296 g/mol. The zero-order chi connectivity index (χ0) is 16.1.